The number of likely N-dealkylation sites (tertiary alicyclic amines) is 1. The third kappa shape index (κ3) is 10.8. The SMILES string of the molecule is CCNC(=NCCN1CCCCC1)NCCNC(=O)C(C)C.I. The van der Waals surface area contributed by atoms with Crippen molar-refractivity contribution < 1.29 is 4.79 Å². The summed E-state index contributed by atoms with van der Waals surface area (Å²) in [4.78, 5) is 18.6. The van der Waals surface area contributed by atoms with Gasteiger partial charge in [0.05, 0.1) is 6.54 Å². The molecular weight excluding hydrogens is 405 g/mol. The first-order valence-corrected chi connectivity index (χ1v) is 8.65. The van der Waals surface area contributed by atoms with Crippen LogP contribution in [0.2, 0.25) is 0 Å². The standard InChI is InChI=1S/C16H33N5O.HI/c1-4-17-16(19-9-8-18-15(22)14(2)3)20-10-13-21-11-6-5-7-12-21;/h14H,4-13H2,1-3H3,(H,18,22)(H2,17,19,20);1H. The summed E-state index contributed by atoms with van der Waals surface area (Å²) in [7, 11) is 0. The Bertz CT molecular complexity index is 343. The normalized spacial score (nSPS) is 15.9. The Kier molecular flexibility index (Phi) is 13.5. The number of piperidine rings is 1. The molecule has 0 radical (unpaired) electrons. The van der Waals surface area contributed by atoms with Gasteiger partial charge in [-0.15, -0.1) is 24.0 Å². The molecule has 7 heteroatoms. The minimum absolute atomic E-state index is 0. The maximum Gasteiger partial charge on any atom is 0.222 e. The number of aliphatic imine (C=N–C) groups is 1. The van der Waals surface area contributed by atoms with E-state index in [-0.39, 0.29) is 35.8 Å². The molecule has 0 aliphatic carbocycles. The number of nitrogens with one attached hydrogen (secondary N) is 3. The van der Waals surface area contributed by atoms with Crippen molar-refractivity contribution in [2.24, 2.45) is 10.9 Å². The number of hydrogen-bond donors (Lipinski definition) is 3. The van der Waals surface area contributed by atoms with E-state index in [0.29, 0.717) is 13.1 Å². The van der Waals surface area contributed by atoms with Crippen molar-refractivity contribution in [2.75, 3.05) is 45.8 Å². The lowest BCUT2D eigenvalue weighted by Gasteiger charge is -2.25. The summed E-state index contributed by atoms with van der Waals surface area (Å²) in [6.45, 7) is 12.3. The summed E-state index contributed by atoms with van der Waals surface area (Å²) in [5, 5.41) is 9.39. The highest BCUT2D eigenvalue weighted by molar-refractivity contribution is 14.0. The minimum Gasteiger partial charge on any atom is -0.357 e. The van der Waals surface area contributed by atoms with Crippen LogP contribution >= 0.6 is 24.0 Å². The highest BCUT2D eigenvalue weighted by Gasteiger charge is 2.09. The Balaban J connectivity index is 0.00000484. The molecule has 0 aromatic carbocycles. The molecule has 1 saturated heterocycles. The van der Waals surface area contributed by atoms with Crippen LogP contribution in [0.3, 0.4) is 0 Å². The van der Waals surface area contributed by atoms with E-state index in [4.69, 9.17) is 0 Å². The van der Waals surface area contributed by atoms with E-state index >= 15 is 0 Å². The minimum atomic E-state index is 0. The molecule has 0 aromatic heterocycles. The Morgan fingerprint density at radius 1 is 1.09 bits per heavy atom. The molecule has 1 amide bonds. The number of rotatable bonds is 8. The lowest BCUT2D eigenvalue weighted by molar-refractivity contribution is -0.123. The molecule has 0 atom stereocenters. The van der Waals surface area contributed by atoms with Crippen LogP contribution in [0.25, 0.3) is 0 Å². The van der Waals surface area contributed by atoms with Crippen LogP contribution in [0.4, 0.5) is 0 Å². The molecule has 1 aliphatic heterocycles. The lowest BCUT2D eigenvalue weighted by atomic mass is 10.1. The molecule has 0 spiro atoms. The topological polar surface area (TPSA) is 68.8 Å². The molecule has 136 valence electrons. The van der Waals surface area contributed by atoms with Gasteiger partial charge in [0.2, 0.25) is 5.91 Å². The van der Waals surface area contributed by atoms with Gasteiger partial charge in [-0.25, -0.2) is 0 Å². The molecule has 1 fully saturated rings. The van der Waals surface area contributed by atoms with Crippen LogP contribution in [-0.4, -0.2) is 62.6 Å². The summed E-state index contributed by atoms with van der Waals surface area (Å²) in [5.41, 5.74) is 0. The van der Waals surface area contributed by atoms with Crippen molar-refractivity contribution in [1.82, 2.24) is 20.9 Å². The van der Waals surface area contributed by atoms with Gasteiger partial charge in [0, 0.05) is 32.1 Å². The van der Waals surface area contributed by atoms with E-state index in [9.17, 15) is 4.79 Å². The molecule has 0 aromatic rings. The van der Waals surface area contributed by atoms with Crippen LogP contribution in [0.5, 0.6) is 0 Å². The molecule has 23 heavy (non-hydrogen) atoms. The van der Waals surface area contributed by atoms with Crippen LogP contribution in [0.15, 0.2) is 4.99 Å². The lowest BCUT2D eigenvalue weighted by Crippen LogP contribution is -2.42. The van der Waals surface area contributed by atoms with Crippen molar-refractivity contribution in [1.29, 1.82) is 0 Å². The van der Waals surface area contributed by atoms with E-state index in [0.717, 1.165) is 25.6 Å². The number of guanidine groups is 1. The molecule has 0 unspecified atom stereocenters. The van der Waals surface area contributed by atoms with Crippen molar-refractivity contribution in [3.63, 3.8) is 0 Å². The first-order chi connectivity index (χ1) is 10.6. The summed E-state index contributed by atoms with van der Waals surface area (Å²) in [5.74, 6) is 0.957. The summed E-state index contributed by atoms with van der Waals surface area (Å²) >= 11 is 0. The summed E-state index contributed by atoms with van der Waals surface area (Å²) in [6, 6.07) is 0. The van der Waals surface area contributed by atoms with E-state index < -0.39 is 0 Å². The third-order valence-electron chi connectivity index (χ3n) is 3.72. The zero-order valence-corrected chi connectivity index (χ0v) is 17.2. The number of carbonyl (C=O) groups is 1. The second-order valence-corrected chi connectivity index (χ2v) is 6.04. The van der Waals surface area contributed by atoms with E-state index in [1.54, 1.807) is 0 Å². The molecule has 1 heterocycles. The first-order valence-electron chi connectivity index (χ1n) is 8.65. The first kappa shape index (κ1) is 22.4. The van der Waals surface area contributed by atoms with Gasteiger partial charge in [0.15, 0.2) is 5.96 Å². The fourth-order valence-electron chi connectivity index (χ4n) is 2.40. The molecule has 3 N–H and O–H groups in total. The van der Waals surface area contributed by atoms with Gasteiger partial charge in [-0.1, -0.05) is 20.3 Å². The molecule has 0 bridgehead atoms. The number of halogens is 1. The highest BCUT2D eigenvalue weighted by Crippen LogP contribution is 2.07. The van der Waals surface area contributed by atoms with Gasteiger partial charge in [0.1, 0.15) is 0 Å². The number of carbonyl (C=O) groups excluding carboxylic acids is 1. The zero-order valence-electron chi connectivity index (χ0n) is 14.9. The van der Waals surface area contributed by atoms with Gasteiger partial charge in [-0.05, 0) is 32.9 Å². The number of nitrogens with zero attached hydrogens (tertiary/aromatic N) is 2. The largest absolute Gasteiger partial charge is 0.357 e. The van der Waals surface area contributed by atoms with E-state index in [1.165, 1.54) is 32.4 Å². The van der Waals surface area contributed by atoms with Gasteiger partial charge in [-0.3, -0.25) is 9.79 Å². The van der Waals surface area contributed by atoms with Crippen molar-refractivity contribution in [3.8, 4) is 0 Å². The summed E-state index contributed by atoms with van der Waals surface area (Å²) < 4.78 is 0. The van der Waals surface area contributed by atoms with Gasteiger partial charge in [0.25, 0.3) is 0 Å². The van der Waals surface area contributed by atoms with Crippen LogP contribution in [-0.2, 0) is 4.79 Å². The van der Waals surface area contributed by atoms with Crippen molar-refractivity contribution >= 4 is 35.8 Å². The zero-order chi connectivity index (χ0) is 16.2. The van der Waals surface area contributed by atoms with E-state index in [2.05, 4.69) is 32.8 Å². The number of hydrogen-bond acceptors (Lipinski definition) is 3. The van der Waals surface area contributed by atoms with Crippen LogP contribution in [0.1, 0.15) is 40.0 Å². The Morgan fingerprint density at radius 3 is 2.35 bits per heavy atom. The van der Waals surface area contributed by atoms with Crippen molar-refractivity contribution in [2.45, 2.75) is 40.0 Å². The Labute approximate surface area is 158 Å². The predicted octanol–water partition coefficient (Wildman–Crippen LogP) is 1.42. The average molecular weight is 439 g/mol. The smallest absolute Gasteiger partial charge is 0.222 e. The molecule has 1 rings (SSSR count). The quantitative estimate of drug-likeness (QED) is 0.232. The van der Waals surface area contributed by atoms with Gasteiger partial charge < -0.3 is 20.9 Å². The maximum atomic E-state index is 11.5. The molecular formula is C16H34IN5O. The monoisotopic (exact) mass is 439 g/mol. The fraction of sp³-hybridized carbons (Fsp3) is 0.875. The van der Waals surface area contributed by atoms with Crippen LogP contribution < -0.4 is 16.0 Å². The average Bonchev–Trinajstić information content (AvgIpc) is 2.52. The maximum absolute atomic E-state index is 11.5. The molecule has 0 saturated carbocycles. The fourth-order valence-corrected chi connectivity index (χ4v) is 2.40. The number of amides is 1. The highest BCUT2D eigenvalue weighted by atomic mass is 127. The van der Waals surface area contributed by atoms with E-state index in [1.807, 2.05) is 13.8 Å². The van der Waals surface area contributed by atoms with Gasteiger partial charge >= 0.3 is 0 Å². The third-order valence-corrected chi connectivity index (χ3v) is 3.72. The van der Waals surface area contributed by atoms with Gasteiger partial charge in [-0.2, -0.15) is 0 Å². The second-order valence-electron chi connectivity index (χ2n) is 6.04. The molecule has 1 aliphatic rings. The second kappa shape index (κ2) is 13.8. The predicted molar refractivity (Wildman–Crippen MR) is 108 cm³/mol. The van der Waals surface area contributed by atoms with Crippen molar-refractivity contribution in [3.05, 3.63) is 0 Å². The Morgan fingerprint density at radius 2 is 1.74 bits per heavy atom. The molecule has 6 nitrogen and oxygen atoms in total. The Hall–Kier alpha value is -0.570. The summed E-state index contributed by atoms with van der Waals surface area (Å²) in [6.07, 6.45) is 4.00. The van der Waals surface area contributed by atoms with Crippen LogP contribution in [0, 0.1) is 5.92 Å².